The van der Waals surface area contributed by atoms with Crippen molar-refractivity contribution in [3.05, 3.63) is 47.2 Å². The molecule has 2 nitrogen and oxygen atoms in total. The van der Waals surface area contributed by atoms with E-state index in [4.69, 9.17) is 0 Å². The van der Waals surface area contributed by atoms with Gasteiger partial charge >= 0.3 is 0 Å². The van der Waals surface area contributed by atoms with Gasteiger partial charge in [-0.25, -0.2) is 0 Å². The van der Waals surface area contributed by atoms with Gasteiger partial charge in [-0.15, -0.1) is 11.3 Å². The van der Waals surface area contributed by atoms with E-state index in [1.165, 1.54) is 0 Å². The van der Waals surface area contributed by atoms with Crippen molar-refractivity contribution < 1.29 is 5.11 Å². The van der Waals surface area contributed by atoms with Crippen LogP contribution in [0.5, 0.6) is 5.75 Å². The van der Waals surface area contributed by atoms with Gasteiger partial charge in [0.25, 0.3) is 0 Å². The molecule has 2 aliphatic rings. The molecule has 0 spiro atoms. The highest BCUT2D eigenvalue weighted by molar-refractivity contribution is 9.10. The first-order valence-electron chi connectivity index (χ1n) is 5.06. The average molecular weight is 306 g/mol. The molecule has 3 rings (SSSR count). The Balaban J connectivity index is 2.21. The molecule has 2 heterocycles. The molecule has 0 fully saturated rings. The molecular formula is C13H8BrNOS. The van der Waals surface area contributed by atoms with Crippen LogP contribution in [0, 0.1) is 0 Å². The summed E-state index contributed by atoms with van der Waals surface area (Å²) in [6, 6.07) is 9.47. The molecule has 0 saturated heterocycles. The van der Waals surface area contributed by atoms with Gasteiger partial charge in [-0.3, -0.25) is 4.98 Å². The van der Waals surface area contributed by atoms with Gasteiger partial charge in [0.1, 0.15) is 5.75 Å². The number of halogens is 1. The van der Waals surface area contributed by atoms with Gasteiger partial charge in [-0.2, -0.15) is 0 Å². The lowest BCUT2D eigenvalue weighted by Crippen LogP contribution is -1.78. The van der Waals surface area contributed by atoms with Gasteiger partial charge < -0.3 is 5.11 Å². The fourth-order valence-corrected chi connectivity index (χ4v) is 3.06. The number of benzene rings is 1. The molecule has 84 valence electrons. The van der Waals surface area contributed by atoms with E-state index in [1.807, 2.05) is 36.7 Å². The second kappa shape index (κ2) is 4.13. The van der Waals surface area contributed by atoms with E-state index in [0.29, 0.717) is 5.75 Å². The van der Waals surface area contributed by atoms with E-state index in [-0.39, 0.29) is 0 Å². The Morgan fingerprint density at radius 1 is 1.06 bits per heavy atom. The second-order valence-electron chi connectivity index (χ2n) is 3.69. The monoisotopic (exact) mass is 305 g/mol. The van der Waals surface area contributed by atoms with E-state index in [9.17, 15) is 5.11 Å². The van der Waals surface area contributed by atoms with Gasteiger partial charge in [0.15, 0.2) is 0 Å². The largest absolute Gasteiger partial charge is 0.507 e. The van der Waals surface area contributed by atoms with Crippen LogP contribution in [-0.2, 0) is 0 Å². The summed E-state index contributed by atoms with van der Waals surface area (Å²) in [5.41, 5.74) is 1.97. The van der Waals surface area contributed by atoms with Gasteiger partial charge in [-0.1, -0.05) is 22.0 Å². The zero-order valence-corrected chi connectivity index (χ0v) is 11.1. The van der Waals surface area contributed by atoms with Crippen molar-refractivity contribution in [1.29, 1.82) is 0 Å². The fourth-order valence-electron chi connectivity index (χ4n) is 1.70. The summed E-state index contributed by atoms with van der Waals surface area (Å²) in [6.07, 6.45) is 3.69. The molecule has 0 aliphatic carbocycles. The number of phenolic OH excluding ortho intramolecular Hbond substituents is 1. The highest BCUT2D eigenvalue weighted by Crippen LogP contribution is 2.38. The van der Waals surface area contributed by atoms with Crippen LogP contribution in [0.4, 0.5) is 0 Å². The van der Waals surface area contributed by atoms with E-state index in [2.05, 4.69) is 20.9 Å². The molecule has 17 heavy (non-hydrogen) atoms. The molecule has 0 bridgehead atoms. The Morgan fingerprint density at radius 3 is 2.82 bits per heavy atom. The molecule has 4 heteroatoms. The summed E-state index contributed by atoms with van der Waals surface area (Å²) >= 11 is 5.04. The standard InChI is InChI=1S/C13H8BrNOS/c14-9-2-3-11(16)10(5-9)12-4-1-8-6-15-7-13(8)17-12/h1-7,16H. The highest BCUT2D eigenvalue weighted by Gasteiger charge is 2.10. The van der Waals surface area contributed by atoms with E-state index in [1.54, 1.807) is 17.4 Å². The molecule has 1 N–H and O–H groups in total. The molecule has 0 unspecified atom stereocenters. The zero-order valence-electron chi connectivity index (χ0n) is 8.72. The van der Waals surface area contributed by atoms with Crippen LogP contribution in [0.3, 0.4) is 0 Å². The molecule has 0 saturated carbocycles. The van der Waals surface area contributed by atoms with Gasteiger partial charge in [0, 0.05) is 32.9 Å². The molecular weight excluding hydrogens is 298 g/mol. The number of hydrogen-bond donors (Lipinski definition) is 1. The lowest BCUT2D eigenvalue weighted by molar-refractivity contribution is 0.477. The number of nitrogens with zero attached hydrogens (tertiary/aromatic N) is 1. The first-order chi connectivity index (χ1) is 8.24. The first-order valence-corrected chi connectivity index (χ1v) is 6.67. The summed E-state index contributed by atoms with van der Waals surface area (Å²) in [5.74, 6) is 0.295. The number of fused-ring (bicyclic) bond motifs is 1. The fraction of sp³-hybridized carbons (Fsp3) is 0. The SMILES string of the molecule is Oc1ccc(Br)cc1-c1ccc2cncc-2s1. The van der Waals surface area contributed by atoms with Gasteiger partial charge in [0.2, 0.25) is 0 Å². The van der Waals surface area contributed by atoms with Crippen LogP contribution < -0.4 is 0 Å². The Bertz CT molecular complexity index is 650. The van der Waals surface area contributed by atoms with Crippen molar-refractivity contribution in [3.63, 3.8) is 0 Å². The topological polar surface area (TPSA) is 33.1 Å². The lowest BCUT2D eigenvalue weighted by Gasteiger charge is -2.06. The van der Waals surface area contributed by atoms with Crippen molar-refractivity contribution in [2.45, 2.75) is 0 Å². The Labute approximate surface area is 111 Å². The molecule has 0 radical (unpaired) electrons. The molecule has 0 atom stereocenters. The van der Waals surface area contributed by atoms with Crippen molar-refractivity contribution >= 4 is 27.3 Å². The van der Waals surface area contributed by atoms with Crippen LogP contribution in [0.15, 0.2) is 47.2 Å². The Morgan fingerprint density at radius 2 is 1.94 bits per heavy atom. The second-order valence-corrected chi connectivity index (χ2v) is 5.69. The highest BCUT2D eigenvalue weighted by atomic mass is 79.9. The minimum absolute atomic E-state index is 0.295. The average Bonchev–Trinajstić information content (AvgIpc) is 2.79. The molecule has 0 amide bonds. The third-order valence-electron chi connectivity index (χ3n) is 2.55. The van der Waals surface area contributed by atoms with Crippen LogP contribution >= 0.6 is 27.3 Å². The maximum atomic E-state index is 9.88. The summed E-state index contributed by atoms with van der Waals surface area (Å²) in [4.78, 5) is 6.27. The minimum atomic E-state index is 0.295. The summed E-state index contributed by atoms with van der Waals surface area (Å²) in [5, 5.41) is 9.88. The third kappa shape index (κ3) is 1.94. The molecule has 1 aromatic carbocycles. The van der Waals surface area contributed by atoms with Gasteiger partial charge in [0.05, 0.1) is 4.88 Å². The van der Waals surface area contributed by atoms with Crippen molar-refractivity contribution in [1.82, 2.24) is 4.98 Å². The van der Waals surface area contributed by atoms with Crippen molar-refractivity contribution in [2.24, 2.45) is 0 Å². The smallest absolute Gasteiger partial charge is 0.124 e. The summed E-state index contributed by atoms with van der Waals surface area (Å²) < 4.78 is 0.957. The number of aromatic nitrogens is 1. The van der Waals surface area contributed by atoms with Crippen LogP contribution in [0.1, 0.15) is 0 Å². The van der Waals surface area contributed by atoms with Gasteiger partial charge in [-0.05, 0) is 24.3 Å². The van der Waals surface area contributed by atoms with E-state index < -0.39 is 0 Å². The Hall–Kier alpha value is -1.39. The first kappa shape index (κ1) is 10.7. The maximum absolute atomic E-state index is 9.88. The summed E-state index contributed by atoms with van der Waals surface area (Å²) in [7, 11) is 0. The number of phenols is 1. The number of aromatic hydroxyl groups is 1. The third-order valence-corrected chi connectivity index (χ3v) is 4.18. The summed E-state index contributed by atoms with van der Waals surface area (Å²) in [6.45, 7) is 0. The maximum Gasteiger partial charge on any atom is 0.124 e. The molecule has 2 aliphatic heterocycles. The Kier molecular flexibility index (Phi) is 2.61. The molecule has 1 aromatic rings. The van der Waals surface area contributed by atoms with Crippen LogP contribution in [-0.4, -0.2) is 10.1 Å². The number of hydrogen-bond acceptors (Lipinski definition) is 3. The normalized spacial score (nSPS) is 10.9. The number of rotatable bonds is 1. The quantitative estimate of drug-likeness (QED) is 0.723. The molecule has 0 aromatic heterocycles. The predicted octanol–water partition coefficient (Wildman–Crippen LogP) is 4.38. The van der Waals surface area contributed by atoms with Crippen LogP contribution in [0.2, 0.25) is 0 Å². The lowest BCUT2D eigenvalue weighted by atomic mass is 10.1. The van der Waals surface area contributed by atoms with Crippen LogP contribution in [0.25, 0.3) is 20.9 Å². The van der Waals surface area contributed by atoms with Crippen molar-refractivity contribution in [2.75, 3.05) is 0 Å². The zero-order chi connectivity index (χ0) is 11.8. The van der Waals surface area contributed by atoms with E-state index >= 15 is 0 Å². The predicted molar refractivity (Wildman–Crippen MR) is 73.5 cm³/mol. The van der Waals surface area contributed by atoms with Crippen molar-refractivity contribution in [3.8, 4) is 26.6 Å². The minimum Gasteiger partial charge on any atom is -0.507 e. The van der Waals surface area contributed by atoms with E-state index in [0.717, 1.165) is 25.4 Å².